The van der Waals surface area contributed by atoms with Gasteiger partial charge in [-0.1, -0.05) is 20.8 Å². The lowest BCUT2D eigenvalue weighted by atomic mass is 9.80. The van der Waals surface area contributed by atoms with Gasteiger partial charge in [0.15, 0.2) is 0 Å². The highest BCUT2D eigenvalue weighted by Gasteiger charge is 2.30. The van der Waals surface area contributed by atoms with Crippen molar-refractivity contribution in [3.05, 3.63) is 23.5 Å². The molecule has 13 heavy (non-hydrogen) atoms. The number of aliphatic hydroxyl groups excluding tert-OH is 1. The molecule has 0 amide bonds. The fraction of sp³-hybridized carbons (Fsp3) is 0.400. The van der Waals surface area contributed by atoms with Crippen molar-refractivity contribution in [3.63, 3.8) is 0 Å². The molecule has 1 N–H and O–H groups in total. The Bertz CT molecular complexity index is 327. The lowest BCUT2D eigenvalue weighted by Gasteiger charge is -2.22. The summed E-state index contributed by atoms with van der Waals surface area (Å²) in [6.07, 6.45) is 2.29. The van der Waals surface area contributed by atoms with Gasteiger partial charge in [-0.25, -0.2) is 0 Å². The molecule has 1 aliphatic carbocycles. The second-order valence-corrected chi connectivity index (χ2v) is 4.07. The minimum atomic E-state index is -0.648. The van der Waals surface area contributed by atoms with Crippen molar-refractivity contribution in [1.82, 2.24) is 0 Å². The maximum Gasteiger partial charge on any atom is 0.229 e. The van der Waals surface area contributed by atoms with Gasteiger partial charge in [0.25, 0.3) is 0 Å². The van der Waals surface area contributed by atoms with Crippen LogP contribution in [0.4, 0.5) is 0 Å². The van der Waals surface area contributed by atoms with Crippen molar-refractivity contribution in [3.8, 4) is 0 Å². The van der Waals surface area contributed by atoms with Crippen LogP contribution in [-0.4, -0.2) is 16.7 Å². The third-order valence-corrected chi connectivity index (χ3v) is 1.85. The standard InChI is InChI=1S/C10H12O3/c1-10(2,3)7-4-6(11)5-8(12)9(7)13/h4-5,11H,1-3H3. The Morgan fingerprint density at radius 3 is 2.15 bits per heavy atom. The summed E-state index contributed by atoms with van der Waals surface area (Å²) in [5.41, 5.74) is -0.0490. The van der Waals surface area contributed by atoms with Gasteiger partial charge in [0.2, 0.25) is 11.6 Å². The minimum absolute atomic E-state index is 0.144. The Hall–Kier alpha value is -1.38. The molecule has 0 aromatic carbocycles. The molecule has 3 heteroatoms. The Labute approximate surface area is 76.8 Å². The van der Waals surface area contributed by atoms with E-state index in [1.54, 1.807) is 0 Å². The summed E-state index contributed by atoms with van der Waals surface area (Å²) < 4.78 is 0. The van der Waals surface area contributed by atoms with Gasteiger partial charge in [0.1, 0.15) is 5.76 Å². The predicted octanol–water partition coefficient (Wildman–Crippen LogP) is 1.55. The monoisotopic (exact) mass is 180 g/mol. The van der Waals surface area contributed by atoms with E-state index in [0.717, 1.165) is 6.08 Å². The second kappa shape index (κ2) is 2.83. The van der Waals surface area contributed by atoms with E-state index in [0.29, 0.717) is 5.57 Å². The molecule has 70 valence electrons. The van der Waals surface area contributed by atoms with Crippen molar-refractivity contribution >= 4 is 11.6 Å². The largest absolute Gasteiger partial charge is 0.508 e. The molecule has 0 aliphatic heterocycles. The highest BCUT2D eigenvalue weighted by molar-refractivity contribution is 6.48. The van der Waals surface area contributed by atoms with E-state index in [4.69, 9.17) is 5.11 Å². The van der Waals surface area contributed by atoms with Crippen LogP contribution < -0.4 is 0 Å². The van der Waals surface area contributed by atoms with Crippen molar-refractivity contribution in [2.45, 2.75) is 20.8 Å². The van der Waals surface area contributed by atoms with Crippen LogP contribution in [0.3, 0.4) is 0 Å². The number of Topliss-reactive ketones (excluding diaryl/α,β-unsaturated/α-hetero) is 1. The van der Waals surface area contributed by atoms with E-state index < -0.39 is 17.0 Å². The van der Waals surface area contributed by atoms with Crippen LogP contribution in [0.5, 0.6) is 0 Å². The summed E-state index contributed by atoms with van der Waals surface area (Å²) in [4.78, 5) is 22.4. The van der Waals surface area contributed by atoms with Gasteiger partial charge in [-0.05, 0) is 11.5 Å². The van der Waals surface area contributed by atoms with E-state index in [1.807, 2.05) is 20.8 Å². The Morgan fingerprint density at radius 1 is 1.15 bits per heavy atom. The van der Waals surface area contributed by atoms with Crippen molar-refractivity contribution < 1.29 is 14.7 Å². The van der Waals surface area contributed by atoms with Crippen LogP contribution in [0, 0.1) is 5.41 Å². The summed E-state index contributed by atoms with van der Waals surface area (Å²) >= 11 is 0. The molecule has 3 nitrogen and oxygen atoms in total. The smallest absolute Gasteiger partial charge is 0.229 e. The zero-order chi connectivity index (χ0) is 10.2. The molecular formula is C10H12O3. The van der Waals surface area contributed by atoms with Crippen LogP contribution in [0.1, 0.15) is 20.8 Å². The van der Waals surface area contributed by atoms with Crippen LogP contribution in [0.25, 0.3) is 0 Å². The maximum atomic E-state index is 11.3. The van der Waals surface area contributed by atoms with Crippen molar-refractivity contribution in [1.29, 1.82) is 0 Å². The van der Waals surface area contributed by atoms with Crippen LogP contribution >= 0.6 is 0 Å². The predicted molar refractivity (Wildman–Crippen MR) is 48.3 cm³/mol. The first-order chi connectivity index (χ1) is 5.82. The molecule has 0 radical (unpaired) electrons. The highest BCUT2D eigenvalue weighted by Crippen LogP contribution is 2.29. The number of aliphatic hydroxyl groups is 1. The van der Waals surface area contributed by atoms with Gasteiger partial charge in [-0.2, -0.15) is 0 Å². The zero-order valence-electron chi connectivity index (χ0n) is 7.92. The van der Waals surface area contributed by atoms with Crippen LogP contribution in [0.15, 0.2) is 23.5 Å². The summed E-state index contributed by atoms with van der Waals surface area (Å²) in [6.45, 7) is 5.47. The van der Waals surface area contributed by atoms with Crippen molar-refractivity contribution in [2.24, 2.45) is 5.41 Å². The molecule has 0 atom stereocenters. The highest BCUT2D eigenvalue weighted by atomic mass is 16.3. The quantitative estimate of drug-likeness (QED) is 0.454. The fourth-order valence-electron chi connectivity index (χ4n) is 1.14. The number of ketones is 2. The van der Waals surface area contributed by atoms with Gasteiger partial charge < -0.3 is 5.11 Å². The average molecular weight is 180 g/mol. The number of allylic oxidation sites excluding steroid dienone is 3. The maximum absolute atomic E-state index is 11.3. The molecule has 0 aromatic heterocycles. The van der Waals surface area contributed by atoms with Crippen LogP contribution in [0.2, 0.25) is 0 Å². The second-order valence-electron chi connectivity index (χ2n) is 4.07. The summed E-state index contributed by atoms with van der Waals surface area (Å²) in [5.74, 6) is -1.32. The van der Waals surface area contributed by atoms with E-state index in [1.165, 1.54) is 6.08 Å². The normalized spacial score (nSPS) is 18.4. The molecule has 0 bridgehead atoms. The molecule has 0 heterocycles. The van der Waals surface area contributed by atoms with E-state index in [2.05, 4.69) is 0 Å². The van der Waals surface area contributed by atoms with Crippen molar-refractivity contribution in [2.75, 3.05) is 0 Å². The number of rotatable bonds is 0. The molecule has 0 saturated carbocycles. The molecule has 1 aliphatic rings. The number of hydrogen-bond donors (Lipinski definition) is 1. The summed E-state index contributed by atoms with van der Waals surface area (Å²) in [5, 5.41) is 9.14. The number of carbonyl (C=O) groups is 2. The molecule has 0 fully saturated rings. The Balaban J connectivity index is 3.17. The third-order valence-electron chi connectivity index (χ3n) is 1.85. The summed E-state index contributed by atoms with van der Waals surface area (Å²) in [6, 6.07) is 0. The molecule has 0 saturated heterocycles. The average Bonchev–Trinajstić information content (AvgIpc) is 1.94. The molecular weight excluding hydrogens is 168 g/mol. The van der Waals surface area contributed by atoms with Gasteiger partial charge in [0, 0.05) is 11.6 Å². The van der Waals surface area contributed by atoms with E-state index >= 15 is 0 Å². The topological polar surface area (TPSA) is 54.4 Å². The number of hydrogen-bond acceptors (Lipinski definition) is 3. The molecule has 0 spiro atoms. The Morgan fingerprint density at radius 2 is 1.69 bits per heavy atom. The van der Waals surface area contributed by atoms with Gasteiger partial charge in [0.05, 0.1) is 0 Å². The SMILES string of the molecule is CC(C)(C)C1=CC(O)=CC(=O)C1=O. The number of carbonyl (C=O) groups excluding carboxylic acids is 2. The van der Waals surface area contributed by atoms with Gasteiger partial charge in [-0.15, -0.1) is 0 Å². The lowest BCUT2D eigenvalue weighted by molar-refractivity contribution is -0.132. The minimum Gasteiger partial charge on any atom is -0.508 e. The zero-order valence-corrected chi connectivity index (χ0v) is 7.92. The fourth-order valence-corrected chi connectivity index (χ4v) is 1.14. The van der Waals surface area contributed by atoms with E-state index in [-0.39, 0.29) is 5.76 Å². The van der Waals surface area contributed by atoms with E-state index in [9.17, 15) is 9.59 Å². The first-order valence-electron chi connectivity index (χ1n) is 4.04. The van der Waals surface area contributed by atoms with Gasteiger partial charge in [-0.3, -0.25) is 9.59 Å². The Kier molecular flexibility index (Phi) is 2.12. The third kappa shape index (κ3) is 1.86. The van der Waals surface area contributed by atoms with Gasteiger partial charge >= 0.3 is 0 Å². The first kappa shape index (κ1) is 9.71. The molecule has 0 aromatic rings. The molecule has 1 rings (SSSR count). The lowest BCUT2D eigenvalue weighted by Crippen LogP contribution is -2.26. The summed E-state index contributed by atoms with van der Waals surface area (Å²) in [7, 11) is 0. The molecule has 0 unspecified atom stereocenters. The first-order valence-corrected chi connectivity index (χ1v) is 4.04. The van der Waals surface area contributed by atoms with Crippen LogP contribution in [-0.2, 0) is 9.59 Å².